The molecule has 0 atom stereocenters. The van der Waals surface area contributed by atoms with Gasteiger partial charge in [-0.05, 0) is 33.4 Å². The van der Waals surface area contributed by atoms with Crippen LogP contribution in [0.15, 0.2) is 57.8 Å². The molecule has 2 aromatic heterocycles. The molecule has 1 amide bonds. The van der Waals surface area contributed by atoms with Crippen molar-refractivity contribution in [3.8, 4) is 0 Å². The molecule has 0 aliphatic rings. The van der Waals surface area contributed by atoms with Gasteiger partial charge in [-0.25, -0.2) is 0 Å². The van der Waals surface area contributed by atoms with Gasteiger partial charge in [-0.2, -0.15) is 0 Å². The van der Waals surface area contributed by atoms with E-state index in [2.05, 4.69) is 22.5 Å². The number of rotatable bonds is 6. The molecule has 4 nitrogen and oxygen atoms in total. The maximum atomic E-state index is 12.4. The Kier molecular flexibility index (Phi) is 5.52. The minimum Gasteiger partial charge on any atom is -0.332 e. The van der Waals surface area contributed by atoms with E-state index >= 15 is 0 Å². The van der Waals surface area contributed by atoms with Crippen molar-refractivity contribution in [1.29, 1.82) is 0 Å². The number of hydrogen-bond donors (Lipinski definition) is 0. The van der Waals surface area contributed by atoms with Crippen molar-refractivity contribution in [2.24, 2.45) is 0 Å². The molecule has 0 fully saturated rings. The normalized spacial score (nSPS) is 10.3. The maximum absolute atomic E-state index is 12.4. The smallest absolute Gasteiger partial charge is 0.251 e. The molecule has 0 bridgehead atoms. The maximum Gasteiger partial charge on any atom is 0.251 e. The van der Waals surface area contributed by atoms with E-state index in [1.807, 2.05) is 17.5 Å². The van der Waals surface area contributed by atoms with Crippen molar-refractivity contribution < 1.29 is 4.79 Å². The lowest BCUT2D eigenvalue weighted by atomic mass is 10.3. The first kappa shape index (κ1) is 15.7. The zero-order valence-electron chi connectivity index (χ0n) is 11.4. The van der Waals surface area contributed by atoms with Gasteiger partial charge in [-0.1, -0.05) is 12.1 Å². The van der Waals surface area contributed by atoms with Crippen LogP contribution in [0, 0.1) is 0 Å². The Balaban J connectivity index is 2.12. The zero-order valence-corrected chi connectivity index (χ0v) is 13.8. The van der Waals surface area contributed by atoms with Crippen LogP contribution >= 0.6 is 27.3 Å². The van der Waals surface area contributed by atoms with Crippen molar-refractivity contribution >= 4 is 33.2 Å². The summed E-state index contributed by atoms with van der Waals surface area (Å²) < 4.78 is 2.17. The largest absolute Gasteiger partial charge is 0.332 e. The third-order valence-corrected chi connectivity index (χ3v) is 4.21. The molecule has 0 saturated carbocycles. The van der Waals surface area contributed by atoms with Gasteiger partial charge in [-0.3, -0.25) is 9.59 Å². The van der Waals surface area contributed by atoms with Crippen LogP contribution in [0.25, 0.3) is 0 Å². The second-order valence-corrected chi connectivity index (χ2v) is 6.40. The summed E-state index contributed by atoms with van der Waals surface area (Å²) in [4.78, 5) is 26.9. The molecule has 0 saturated heterocycles. The van der Waals surface area contributed by atoms with Crippen LogP contribution < -0.4 is 5.56 Å². The zero-order chi connectivity index (χ0) is 15.2. The fraction of sp³-hybridized carbons (Fsp3) is 0.200. The summed E-state index contributed by atoms with van der Waals surface area (Å²) >= 11 is 4.91. The Morgan fingerprint density at radius 1 is 1.43 bits per heavy atom. The number of carbonyl (C=O) groups is 1. The predicted octanol–water partition coefficient (Wildman–Crippen LogP) is 2.89. The van der Waals surface area contributed by atoms with E-state index in [9.17, 15) is 9.59 Å². The number of amides is 1. The van der Waals surface area contributed by atoms with E-state index in [0.29, 0.717) is 13.1 Å². The fourth-order valence-corrected chi connectivity index (χ4v) is 2.97. The SMILES string of the molecule is C=CCN(Cc1cccs1)C(=O)Cn1cc(Br)ccc1=O. The standard InChI is InChI=1S/C15H15BrN2O2S/c1-2-7-17(10-13-4-3-8-21-13)15(20)11-18-9-12(16)5-6-14(18)19/h2-6,8-9H,1,7,10-11H2. The van der Waals surface area contributed by atoms with E-state index < -0.39 is 0 Å². The Hall–Kier alpha value is -1.66. The molecule has 0 radical (unpaired) electrons. The number of nitrogens with zero attached hydrogens (tertiary/aromatic N) is 2. The first-order chi connectivity index (χ1) is 10.1. The van der Waals surface area contributed by atoms with Gasteiger partial charge < -0.3 is 9.47 Å². The summed E-state index contributed by atoms with van der Waals surface area (Å²) in [6.07, 6.45) is 3.31. The molecule has 2 heterocycles. The number of pyridine rings is 1. The molecule has 21 heavy (non-hydrogen) atoms. The predicted molar refractivity (Wildman–Crippen MR) is 88.3 cm³/mol. The topological polar surface area (TPSA) is 42.3 Å². The van der Waals surface area contributed by atoms with Crippen molar-refractivity contribution in [2.75, 3.05) is 6.54 Å². The fourth-order valence-electron chi connectivity index (χ4n) is 1.87. The van der Waals surface area contributed by atoms with Crippen LogP contribution in [0.5, 0.6) is 0 Å². The molecular weight excluding hydrogens is 352 g/mol. The van der Waals surface area contributed by atoms with Crippen molar-refractivity contribution in [3.05, 3.63) is 68.2 Å². The molecule has 0 aliphatic heterocycles. The van der Waals surface area contributed by atoms with Gasteiger partial charge in [0, 0.05) is 28.2 Å². The monoisotopic (exact) mass is 366 g/mol. The van der Waals surface area contributed by atoms with Gasteiger partial charge in [0.15, 0.2) is 0 Å². The number of thiophene rings is 1. The molecular formula is C15H15BrN2O2S. The van der Waals surface area contributed by atoms with Crippen molar-refractivity contribution in [2.45, 2.75) is 13.1 Å². The van der Waals surface area contributed by atoms with Crippen LogP contribution in [-0.2, 0) is 17.9 Å². The Morgan fingerprint density at radius 3 is 2.90 bits per heavy atom. The third-order valence-electron chi connectivity index (χ3n) is 2.88. The van der Waals surface area contributed by atoms with Gasteiger partial charge in [0.25, 0.3) is 5.56 Å². The number of hydrogen-bond acceptors (Lipinski definition) is 3. The van der Waals surface area contributed by atoms with E-state index in [1.165, 1.54) is 10.6 Å². The van der Waals surface area contributed by atoms with Gasteiger partial charge >= 0.3 is 0 Å². The summed E-state index contributed by atoms with van der Waals surface area (Å²) in [6, 6.07) is 7.04. The lowest BCUT2D eigenvalue weighted by Gasteiger charge is -2.21. The summed E-state index contributed by atoms with van der Waals surface area (Å²) in [5, 5.41) is 1.98. The first-order valence-corrected chi connectivity index (χ1v) is 8.04. The average Bonchev–Trinajstić information content (AvgIpc) is 2.95. The second kappa shape index (κ2) is 7.38. The van der Waals surface area contributed by atoms with E-state index in [1.54, 1.807) is 34.6 Å². The van der Waals surface area contributed by atoms with Crippen molar-refractivity contribution in [1.82, 2.24) is 9.47 Å². The summed E-state index contributed by atoms with van der Waals surface area (Å²) in [5.74, 6) is -0.108. The highest BCUT2D eigenvalue weighted by Gasteiger charge is 2.14. The molecule has 0 spiro atoms. The Morgan fingerprint density at radius 2 is 2.24 bits per heavy atom. The highest BCUT2D eigenvalue weighted by atomic mass is 79.9. The van der Waals surface area contributed by atoms with Crippen LogP contribution in [0.3, 0.4) is 0 Å². The van der Waals surface area contributed by atoms with Crippen LogP contribution in [0.1, 0.15) is 4.88 Å². The van der Waals surface area contributed by atoms with Gasteiger partial charge in [0.05, 0.1) is 6.54 Å². The average molecular weight is 367 g/mol. The second-order valence-electron chi connectivity index (χ2n) is 4.46. The van der Waals surface area contributed by atoms with Gasteiger partial charge in [0.2, 0.25) is 5.91 Å². The van der Waals surface area contributed by atoms with Crippen molar-refractivity contribution in [3.63, 3.8) is 0 Å². The molecule has 0 aromatic carbocycles. The lowest BCUT2D eigenvalue weighted by Crippen LogP contribution is -2.35. The molecule has 2 rings (SSSR count). The Labute approximate surface area is 135 Å². The van der Waals surface area contributed by atoms with E-state index in [4.69, 9.17) is 0 Å². The first-order valence-electron chi connectivity index (χ1n) is 6.37. The molecule has 0 unspecified atom stereocenters. The summed E-state index contributed by atoms with van der Waals surface area (Å²) in [6.45, 7) is 4.70. The third kappa shape index (κ3) is 4.41. The minimum absolute atomic E-state index is 0.0253. The number of carbonyl (C=O) groups excluding carboxylic acids is 1. The molecule has 0 aliphatic carbocycles. The lowest BCUT2D eigenvalue weighted by molar-refractivity contribution is -0.131. The summed E-state index contributed by atoms with van der Waals surface area (Å²) in [5.41, 5.74) is -0.193. The highest BCUT2D eigenvalue weighted by molar-refractivity contribution is 9.10. The van der Waals surface area contributed by atoms with Gasteiger partial charge in [-0.15, -0.1) is 17.9 Å². The highest BCUT2D eigenvalue weighted by Crippen LogP contribution is 2.12. The number of halogens is 1. The van der Waals surface area contributed by atoms with Crippen LogP contribution in [-0.4, -0.2) is 21.9 Å². The van der Waals surface area contributed by atoms with Crippen LogP contribution in [0.4, 0.5) is 0 Å². The molecule has 110 valence electrons. The Bertz CT molecular complexity index is 679. The molecule has 6 heteroatoms. The number of aromatic nitrogens is 1. The quantitative estimate of drug-likeness (QED) is 0.737. The summed E-state index contributed by atoms with van der Waals surface area (Å²) in [7, 11) is 0. The minimum atomic E-state index is -0.193. The van der Waals surface area contributed by atoms with Gasteiger partial charge in [0.1, 0.15) is 6.54 Å². The van der Waals surface area contributed by atoms with E-state index in [0.717, 1.165) is 9.35 Å². The van der Waals surface area contributed by atoms with E-state index in [-0.39, 0.29) is 18.0 Å². The van der Waals surface area contributed by atoms with Crippen LogP contribution in [0.2, 0.25) is 0 Å². The molecule has 0 N–H and O–H groups in total. The molecule has 2 aromatic rings.